The lowest BCUT2D eigenvalue weighted by atomic mass is 10.1. The number of benzene rings is 2. The number of anilines is 2. The van der Waals surface area contributed by atoms with Crippen LogP contribution in [0.3, 0.4) is 0 Å². The lowest BCUT2D eigenvalue weighted by Crippen LogP contribution is -2.16. The van der Waals surface area contributed by atoms with Crippen molar-refractivity contribution in [1.82, 2.24) is 0 Å². The minimum Gasteiger partial charge on any atom is -0.496 e. The van der Waals surface area contributed by atoms with Gasteiger partial charge in [0.15, 0.2) is 0 Å². The first-order chi connectivity index (χ1) is 9.61. The number of nitrogen functional groups attached to an aromatic ring is 1. The Bertz CT molecular complexity index is 624. The van der Waals surface area contributed by atoms with E-state index in [4.69, 9.17) is 10.5 Å². The number of hydrogen-bond donors (Lipinski definition) is 2. The zero-order valence-electron chi connectivity index (χ0n) is 11.6. The van der Waals surface area contributed by atoms with E-state index in [2.05, 4.69) is 5.32 Å². The van der Waals surface area contributed by atoms with Gasteiger partial charge in [0.05, 0.1) is 13.5 Å². The van der Waals surface area contributed by atoms with Gasteiger partial charge in [0.1, 0.15) is 5.75 Å². The topological polar surface area (TPSA) is 64.3 Å². The second-order valence-corrected chi connectivity index (χ2v) is 4.56. The minimum absolute atomic E-state index is 0.0943. The Balaban J connectivity index is 2.11. The van der Waals surface area contributed by atoms with Gasteiger partial charge in [-0.25, -0.2) is 0 Å². The Hall–Kier alpha value is -2.49. The van der Waals surface area contributed by atoms with Crippen LogP contribution in [0, 0.1) is 6.92 Å². The molecule has 0 aromatic heterocycles. The Labute approximate surface area is 118 Å². The molecule has 2 rings (SSSR count). The highest BCUT2D eigenvalue weighted by Crippen LogP contribution is 2.22. The van der Waals surface area contributed by atoms with E-state index in [1.54, 1.807) is 7.11 Å². The van der Waals surface area contributed by atoms with E-state index in [1.807, 2.05) is 49.4 Å². The van der Waals surface area contributed by atoms with E-state index in [-0.39, 0.29) is 12.3 Å². The van der Waals surface area contributed by atoms with Crippen LogP contribution in [0.2, 0.25) is 0 Å². The number of amides is 1. The predicted molar refractivity (Wildman–Crippen MR) is 80.9 cm³/mol. The number of carbonyl (C=O) groups is 1. The third kappa shape index (κ3) is 3.09. The third-order valence-corrected chi connectivity index (χ3v) is 3.19. The Morgan fingerprint density at radius 3 is 2.70 bits per heavy atom. The number of nitrogens with two attached hydrogens (primary N) is 1. The molecule has 0 aliphatic rings. The van der Waals surface area contributed by atoms with Crippen LogP contribution >= 0.6 is 0 Å². The summed E-state index contributed by atoms with van der Waals surface area (Å²) in [5.74, 6) is 0.621. The first-order valence-electron chi connectivity index (χ1n) is 6.38. The Morgan fingerprint density at radius 2 is 1.95 bits per heavy atom. The van der Waals surface area contributed by atoms with Crippen molar-refractivity contribution in [2.75, 3.05) is 18.2 Å². The highest BCUT2D eigenvalue weighted by atomic mass is 16.5. The van der Waals surface area contributed by atoms with E-state index in [9.17, 15) is 4.79 Å². The van der Waals surface area contributed by atoms with Crippen LogP contribution in [0.5, 0.6) is 5.75 Å². The summed E-state index contributed by atoms with van der Waals surface area (Å²) in [7, 11) is 1.60. The summed E-state index contributed by atoms with van der Waals surface area (Å²) in [5.41, 5.74) is 8.96. The maximum Gasteiger partial charge on any atom is 0.228 e. The van der Waals surface area contributed by atoms with Crippen molar-refractivity contribution in [3.05, 3.63) is 53.6 Å². The molecule has 0 unspecified atom stereocenters. The molecule has 2 aromatic carbocycles. The third-order valence-electron chi connectivity index (χ3n) is 3.19. The van der Waals surface area contributed by atoms with Gasteiger partial charge in [0.25, 0.3) is 0 Å². The second-order valence-electron chi connectivity index (χ2n) is 4.56. The molecule has 0 saturated carbocycles. The second kappa shape index (κ2) is 6.10. The molecule has 0 saturated heterocycles. The number of ether oxygens (including phenoxy) is 1. The fourth-order valence-corrected chi connectivity index (χ4v) is 2.01. The molecule has 4 nitrogen and oxygen atoms in total. The van der Waals surface area contributed by atoms with Crippen LogP contribution in [0.25, 0.3) is 0 Å². The molecule has 4 heteroatoms. The smallest absolute Gasteiger partial charge is 0.228 e. The summed E-state index contributed by atoms with van der Waals surface area (Å²) in [5, 5.41) is 2.88. The van der Waals surface area contributed by atoms with Gasteiger partial charge in [-0.15, -0.1) is 0 Å². The van der Waals surface area contributed by atoms with Crippen LogP contribution in [0.4, 0.5) is 11.4 Å². The molecule has 0 heterocycles. The van der Waals surface area contributed by atoms with Gasteiger partial charge in [-0.3, -0.25) is 4.79 Å². The fourth-order valence-electron chi connectivity index (χ4n) is 2.01. The van der Waals surface area contributed by atoms with Crippen LogP contribution in [-0.2, 0) is 11.2 Å². The van der Waals surface area contributed by atoms with Crippen LogP contribution in [0.15, 0.2) is 42.5 Å². The molecule has 2 aromatic rings. The molecule has 104 valence electrons. The molecule has 1 amide bonds. The van der Waals surface area contributed by atoms with Crippen LogP contribution < -0.4 is 15.8 Å². The summed E-state index contributed by atoms with van der Waals surface area (Å²) in [6, 6.07) is 13.0. The molecule has 0 radical (unpaired) electrons. The molecule has 0 spiro atoms. The van der Waals surface area contributed by atoms with E-state index >= 15 is 0 Å². The quantitative estimate of drug-likeness (QED) is 0.840. The summed E-state index contributed by atoms with van der Waals surface area (Å²) in [6.07, 6.45) is 0.262. The molecule has 3 N–H and O–H groups in total. The highest BCUT2D eigenvalue weighted by Gasteiger charge is 2.10. The number of hydrogen-bond acceptors (Lipinski definition) is 3. The van der Waals surface area contributed by atoms with Gasteiger partial charge in [-0.2, -0.15) is 0 Å². The van der Waals surface area contributed by atoms with Gasteiger partial charge in [-0.1, -0.05) is 24.3 Å². The van der Waals surface area contributed by atoms with Crippen LogP contribution in [-0.4, -0.2) is 13.0 Å². The zero-order chi connectivity index (χ0) is 14.5. The summed E-state index contributed by atoms with van der Waals surface area (Å²) >= 11 is 0. The summed E-state index contributed by atoms with van der Waals surface area (Å²) in [4.78, 5) is 12.1. The molecule has 0 atom stereocenters. The summed E-state index contributed by atoms with van der Waals surface area (Å²) in [6.45, 7) is 1.88. The fraction of sp³-hybridized carbons (Fsp3) is 0.188. The van der Waals surface area contributed by atoms with Crippen molar-refractivity contribution >= 4 is 17.3 Å². The lowest BCUT2D eigenvalue weighted by molar-refractivity contribution is -0.115. The normalized spacial score (nSPS) is 10.1. The lowest BCUT2D eigenvalue weighted by Gasteiger charge is -2.11. The van der Waals surface area contributed by atoms with Crippen molar-refractivity contribution in [3.63, 3.8) is 0 Å². The SMILES string of the molecule is COc1ccccc1CC(=O)Nc1cccc(N)c1C. The average Bonchev–Trinajstić information content (AvgIpc) is 2.44. The summed E-state index contributed by atoms with van der Waals surface area (Å²) < 4.78 is 5.24. The number of methoxy groups -OCH3 is 1. The van der Waals surface area contributed by atoms with E-state index < -0.39 is 0 Å². The first-order valence-corrected chi connectivity index (χ1v) is 6.38. The number of carbonyl (C=O) groups excluding carboxylic acids is 1. The zero-order valence-corrected chi connectivity index (χ0v) is 11.6. The van der Waals surface area contributed by atoms with Gasteiger partial charge >= 0.3 is 0 Å². The first kappa shape index (κ1) is 13.9. The van der Waals surface area contributed by atoms with Gasteiger partial charge in [0, 0.05) is 16.9 Å². The predicted octanol–water partition coefficient (Wildman–Crippen LogP) is 2.77. The molecule has 20 heavy (non-hydrogen) atoms. The van der Waals surface area contributed by atoms with Gasteiger partial charge in [0.2, 0.25) is 5.91 Å². The minimum atomic E-state index is -0.0943. The average molecular weight is 270 g/mol. The monoisotopic (exact) mass is 270 g/mol. The standard InChI is InChI=1S/C16H18N2O2/c1-11-13(17)7-5-8-14(11)18-16(19)10-12-6-3-4-9-15(12)20-2/h3-9H,10,17H2,1-2H3,(H,18,19). The van der Waals surface area contributed by atoms with E-state index in [1.165, 1.54) is 0 Å². The van der Waals surface area contributed by atoms with Crippen LogP contribution in [0.1, 0.15) is 11.1 Å². The largest absolute Gasteiger partial charge is 0.496 e. The van der Waals surface area contributed by atoms with Gasteiger partial charge in [-0.05, 0) is 30.7 Å². The number of rotatable bonds is 4. The van der Waals surface area contributed by atoms with Crippen molar-refractivity contribution in [3.8, 4) is 5.75 Å². The van der Waals surface area contributed by atoms with E-state index in [0.29, 0.717) is 11.4 Å². The maximum absolute atomic E-state index is 12.1. The van der Waals surface area contributed by atoms with Crippen molar-refractivity contribution in [2.45, 2.75) is 13.3 Å². The molecule has 0 aliphatic carbocycles. The van der Waals surface area contributed by atoms with Crippen molar-refractivity contribution < 1.29 is 9.53 Å². The Kier molecular flexibility index (Phi) is 4.25. The number of para-hydroxylation sites is 1. The molecular formula is C16H18N2O2. The maximum atomic E-state index is 12.1. The van der Waals surface area contributed by atoms with Crippen molar-refractivity contribution in [2.24, 2.45) is 0 Å². The number of nitrogens with one attached hydrogen (secondary N) is 1. The van der Waals surface area contributed by atoms with E-state index in [0.717, 1.165) is 16.8 Å². The molecule has 0 aliphatic heterocycles. The highest BCUT2D eigenvalue weighted by molar-refractivity contribution is 5.94. The Morgan fingerprint density at radius 1 is 1.20 bits per heavy atom. The molecular weight excluding hydrogens is 252 g/mol. The van der Waals surface area contributed by atoms with Gasteiger partial charge < -0.3 is 15.8 Å². The molecule has 0 fully saturated rings. The molecule has 0 bridgehead atoms. The van der Waals surface area contributed by atoms with Crippen molar-refractivity contribution in [1.29, 1.82) is 0 Å².